The summed E-state index contributed by atoms with van der Waals surface area (Å²) in [6.45, 7) is 9.00. The molecule has 4 heteroatoms. The molecular formula is C36H60N2S2. The first kappa shape index (κ1) is 34.9. The largest absolute Gasteiger partial charge is 0.158 e. The van der Waals surface area contributed by atoms with Crippen molar-refractivity contribution in [2.45, 2.75) is 169 Å². The molecule has 0 fully saturated rings. The molecule has 2 aromatic heterocycles. The van der Waals surface area contributed by atoms with E-state index in [-0.39, 0.29) is 0 Å². The molecule has 0 bridgehead atoms. The zero-order valence-corrected chi connectivity index (χ0v) is 28.2. The number of thiophene rings is 2. The molecule has 226 valence electrons. The van der Waals surface area contributed by atoms with Gasteiger partial charge in [0.25, 0.3) is 0 Å². The van der Waals surface area contributed by atoms with Gasteiger partial charge in [-0.05, 0) is 62.8 Å². The second-order valence-corrected chi connectivity index (χ2v) is 14.4. The molecule has 0 saturated carbocycles. The van der Waals surface area contributed by atoms with Crippen molar-refractivity contribution >= 4 is 35.1 Å². The van der Waals surface area contributed by atoms with Gasteiger partial charge in [0.15, 0.2) is 0 Å². The monoisotopic (exact) mass is 584 g/mol. The van der Waals surface area contributed by atoms with Crippen LogP contribution in [0.1, 0.15) is 173 Å². The minimum Gasteiger partial charge on any atom is -0.158 e. The van der Waals surface area contributed by atoms with Gasteiger partial charge in [-0.2, -0.15) is 10.2 Å². The average Bonchev–Trinajstić information content (AvgIpc) is 3.48. The van der Waals surface area contributed by atoms with Gasteiger partial charge in [0.2, 0.25) is 0 Å². The summed E-state index contributed by atoms with van der Waals surface area (Å²) in [7, 11) is 0. The number of aryl methyl sites for hydroxylation is 4. The molecule has 2 nitrogen and oxygen atoms in total. The van der Waals surface area contributed by atoms with E-state index in [0.29, 0.717) is 0 Å². The molecule has 2 heterocycles. The van der Waals surface area contributed by atoms with Crippen LogP contribution in [0.15, 0.2) is 22.3 Å². The lowest BCUT2D eigenvalue weighted by Crippen LogP contribution is -1.90. The van der Waals surface area contributed by atoms with Gasteiger partial charge in [0.05, 0.1) is 22.2 Å². The maximum absolute atomic E-state index is 4.48. The van der Waals surface area contributed by atoms with Crippen molar-refractivity contribution in [3.05, 3.63) is 42.8 Å². The standard InChI is InChI=1S/C36H60N2S2/c1-5-7-9-11-13-15-17-19-21-23-25-33-27-31(3)39-35(33)29-37-38-30-36-34(28-32(4)40-36)26-24-22-20-18-16-14-12-10-8-6-2/h27-30H,5-26H2,1-4H3/b37-29-,38-30-. The highest BCUT2D eigenvalue weighted by molar-refractivity contribution is 7.14. The van der Waals surface area contributed by atoms with Crippen LogP contribution in [0.25, 0.3) is 0 Å². The van der Waals surface area contributed by atoms with Gasteiger partial charge in [-0.15, -0.1) is 22.7 Å². The Morgan fingerprint density at radius 2 is 0.775 bits per heavy atom. The second-order valence-electron chi connectivity index (χ2n) is 11.8. The molecule has 2 rings (SSSR count). The minimum atomic E-state index is 1.17. The molecule has 2 aromatic rings. The average molecular weight is 585 g/mol. The number of rotatable bonds is 25. The summed E-state index contributed by atoms with van der Waals surface area (Å²) in [4.78, 5) is 5.33. The molecule has 0 spiro atoms. The van der Waals surface area contributed by atoms with Gasteiger partial charge >= 0.3 is 0 Å². The van der Waals surface area contributed by atoms with Crippen LogP contribution in [-0.2, 0) is 12.8 Å². The normalized spacial score (nSPS) is 12.0. The molecule has 0 aliphatic heterocycles. The SMILES string of the molecule is CCCCCCCCCCCCc1cc(C)sc1/C=N\N=C/c1sc(C)cc1CCCCCCCCCCCC. The van der Waals surface area contributed by atoms with Crippen LogP contribution in [0.2, 0.25) is 0 Å². The van der Waals surface area contributed by atoms with Gasteiger partial charge < -0.3 is 0 Å². The van der Waals surface area contributed by atoms with Crippen LogP contribution in [0.5, 0.6) is 0 Å². The molecule has 0 aliphatic carbocycles. The van der Waals surface area contributed by atoms with E-state index in [1.807, 2.05) is 35.1 Å². The lowest BCUT2D eigenvalue weighted by molar-refractivity contribution is 0.556. The van der Waals surface area contributed by atoms with E-state index >= 15 is 0 Å². The molecule has 0 unspecified atom stereocenters. The van der Waals surface area contributed by atoms with Crippen molar-refractivity contribution < 1.29 is 0 Å². The number of unbranched alkanes of at least 4 members (excludes halogenated alkanes) is 18. The van der Waals surface area contributed by atoms with E-state index in [9.17, 15) is 0 Å². The number of hydrogen-bond acceptors (Lipinski definition) is 4. The highest BCUT2D eigenvalue weighted by Crippen LogP contribution is 2.24. The topological polar surface area (TPSA) is 24.7 Å². The van der Waals surface area contributed by atoms with Crippen LogP contribution in [-0.4, -0.2) is 12.4 Å². The molecule has 0 radical (unpaired) electrons. The van der Waals surface area contributed by atoms with E-state index in [1.54, 1.807) is 0 Å². The maximum atomic E-state index is 4.48. The quantitative estimate of drug-likeness (QED) is 0.0630. The zero-order chi connectivity index (χ0) is 28.7. The van der Waals surface area contributed by atoms with Gasteiger partial charge in [-0.3, -0.25) is 0 Å². The van der Waals surface area contributed by atoms with Crippen LogP contribution >= 0.6 is 22.7 Å². The smallest absolute Gasteiger partial charge is 0.0670 e. The Hall–Kier alpha value is -1.26. The van der Waals surface area contributed by atoms with E-state index < -0.39 is 0 Å². The first-order chi connectivity index (χ1) is 19.6. The minimum absolute atomic E-state index is 1.17. The fourth-order valence-electron chi connectivity index (χ4n) is 5.56. The van der Waals surface area contributed by atoms with Gasteiger partial charge in [0.1, 0.15) is 0 Å². The third-order valence-electron chi connectivity index (χ3n) is 7.95. The number of nitrogens with zero attached hydrogens (tertiary/aromatic N) is 2. The summed E-state index contributed by atoms with van der Waals surface area (Å²) in [6.07, 6.45) is 34.0. The first-order valence-electron chi connectivity index (χ1n) is 16.9. The predicted molar refractivity (Wildman–Crippen MR) is 184 cm³/mol. The molecule has 0 N–H and O–H groups in total. The Labute approximate surface area is 256 Å². The fraction of sp³-hybridized carbons (Fsp3) is 0.722. The van der Waals surface area contributed by atoms with Crippen LogP contribution in [0.4, 0.5) is 0 Å². The van der Waals surface area contributed by atoms with Crippen LogP contribution in [0.3, 0.4) is 0 Å². The molecule has 0 saturated heterocycles. The van der Waals surface area contributed by atoms with Crippen molar-refractivity contribution in [1.82, 2.24) is 0 Å². The third kappa shape index (κ3) is 16.2. The molecule has 0 aliphatic rings. The van der Waals surface area contributed by atoms with Crippen molar-refractivity contribution in [2.75, 3.05) is 0 Å². The lowest BCUT2D eigenvalue weighted by atomic mass is 10.0. The molecule has 40 heavy (non-hydrogen) atoms. The van der Waals surface area contributed by atoms with Crippen molar-refractivity contribution in [1.29, 1.82) is 0 Å². The van der Waals surface area contributed by atoms with E-state index in [4.69, 9.17) is 0 Å². The lowest BCUT2D eigenvalue weighted by Gasteiger charge is -2.03. The zero-order valence-electron chi connectivity index (χ0n) is 26.6. The number of hydrogen-bond donors (Lipinski definition) is 0. The summed E-state index contributed by atoms with van der Waals surface area (Å²) in [5, 5.41) is 8.96. The van der Waals surface area contributed by atoms with Crippen molar-refractivity contribution in [3.8, 4) is 0 Å². The Kier molecular flexibility index (Phi) is 20.4. The van der Waals surface area contributed by atoms with Gasteiger partial charge in [-0.1, -0.05) is 129 Å². The summed E-state index contributed by atoms with van der Waals surface area (Å²) < 4.78 is 0. The predicted octanol–water partition coefficient (Wildman–Crippen LogP) is 12.8. The van der Waals surface area contributed by atoms with Gasteiger partial charge in [0, 0.05) is 9.75 Å². The van der Waals surface area contributed by atoms with Crippen molar-refractivity contribution in [2.24, 2.45) is 10.2 Å². The Morgan fingerprint density at radius 1 is 0.475 bits per heavy atom. The molecule has 0 atom stereocenters. The maximum Gasteiger partial charge on any atom is 0.0670 e. The second kappa shape index (κ2) is 23.3. The highest BCUT2D eigenvalue weighted by atomic mass is 32.1. The van der Waals surface area contributed by atoms with E-state index in [1.165, 1.54) is 172 Å². The van der Waals surface area contributed by atoms with E-state index in [0.717, 1.165) is 0 Å². The molecule has 0 aromatic carbocycles. The fourth-order valence-corrected chi connectivity index (χ4v) is 7.44. The van der Waals surface area contributed by atoms with Crippen molar-refractivity contribution in [3.63, 3.8) is 0 Å². The Morgan fingerprint density at radius 3 is 1.10 bits per heavy atom. The summed E-state index contributed by atoms with van der Waals surface area (Å²) >= 11 is 3.70. The van der Waals surface area contributed by atoms with Crippen LogP contribution < -0.4 is 0 Å². The Balaban J connectivity index is 1.68. The summed E-state index contributed by atoms with van der Waals surface area (Å²) in [5.74, 6) is 0. The molecule has 0 amide bonds. The highest BCUT2D eigenvalue weighted by Gasteiger charge is 2.07. The first-order valence-corrected chi connectivity index (χ1v) is 18.5. The van der Waals surface area contributed by atoms with E-state index in [2.05, 4.69) is 50.0 Å². The third-order valence-corrected chi connectivity index (χ3v) is 10.0. The molecular weight excluding hydrogens is 525 g/mol. The van der Waals surface area contributed by atoms with Crippen LogP contribution in [0, 0.1) is 13.8 Å². The van der Waals surface area contributed by atoms with Gasteiger partial charge in [-0.25, -0.2) is 0 Å². The summed E-state index contributed by atoms with van der Waals surface area (Å²) in [5.41, 5.74) is 2.91. The Bertz CT molecular complexity index is 860. The summed E-state index contributed by atoms with van der Waals surface area (Å²) in [6, 6.07) is 4.72.